The maximum atomic E-state index is 14.0. The Bertz CT molecular complexity index is 1190. The first-order valence-electron chi connectivity index (χ1n) is 9.95. The quantitative estimate of drug-likeness (QED) is 0.328. The monoisotopic (exact) mass is 522 g/mol. The maximum Gasteiger partial charge on any atom is 0.377 e. The summed E-state index contributed by atoms with van der Waals surface area (Å²) in [6.45, 7) is -4.54. The van der Waals surface area contributed by atoms with Gasteiger partial charge in [0.2, 0.25) is 0 Å². The SMILES string of the molecule is [2H]C([2H])(n1ccnc1)C(O)(P(=O)(O)O)P(=O)(OCc1cccc(Cl)c1)OCc1cccc(Cl)c1. The highest BCUT2D eigenvalue weighted by molar-refractivity contribution is 7.72. The van der Waals surface area contributed by atoms with Gasteiger partial charge < -0.3 is 28.5 Å². The molecule has 3 rings (SSSR count). The van der Waals surface area contributed by atoms with Gasteiger partial charge in [0.25, 0.3) is 5.08 Å². The normalized spacial score (nSPS) is 15.7. The lowest BCUT2D eigenvalue weighted by Gasteiger charge is -2.35. The van der Waals surface area contributed by atoms with E-state index < -0.39 is 40.0 Å². The van der Waals surface area contributed by atoms with Crippen LogP contribution in [-0.4, -0.2) is 29.5 Å². The molecule has 0 saturated carbocycles. The molecule has 1 atom stereocenters. The van der Waals surface area contributed by atoms with Gasteiger partial charge in [-0.15, -0.1) is 0 Å². The van der Waals surface area contributed by atoms with Crippen LogP contribution in [-0.2, 0) is 37.9 Å². The number of imidazole rings is 1. The highest BCUT2D eigenvalue weighted by Gasteiger charge is 2.63. The molecule has 0 radical (unpaired) electrons. The van der Waals surface area contributed by atoms with E-state index in [1.165, 1.54) is 24.3 Å². The van der Waals surface area contributed by atoms with Crippen LogP contribution in [0.3, 0.4) is 0 Å². The molecule has 32 heavy (non-hydrogen) atoms. The van der Waals surface area contributed by atoms with Gasteiger partial charge in [-0.1, -0.05) is 47.5 Å². The Morgan fingerprint density at radius 3 is 1.97 bits per heavy atom. The van der Waals surface area contributed by atoms with Crippen LogP contribution in [0.4, 0.5) is 0 Å². The van der Waals surface area contributed by atoms with E-state index in [1.807, 2.05) is 0 Å². The molecule has 172 valence electrons. The molecule has 3 N–H and O–H groups in total. The van der Waals surface area contributed by atoms with Crippen molar-refractivity contribution in [3.8, 4) is 0 Å². The minimum atomic E-state index is -5.97. The predicted molar refractivity (Wildman–Crippen MR) is 119 cm³/mol. The van der Waals surface area contributed by atoms with Crippen LogP contribution in [0, 0.1) is 0 Å². The zero-order valence-electron chi connectivity index (χ0n) is 18.3. The molecule has 0 saturated heterocycles. The summed E-state index contributed by atoms with van der Waals surface area (Å²) >= 11 is 11.9. The summed E-state index contributed by atoms with van der Waals surface area (Å²) in [6, 6.07) is 12.1. The van der Waals surface area contributed by atoms with Gasteiger partial charge in [0.1, 0.15) is 0 Å². The Balaban J connectivity index is 2.09. The Morgan fingerprint density at radius 1 is 1.03 bits per heavy atom. The minimum absolute atomic E-state index is 0.301. The van der Waals surface area contributed by atoms with Crippen LogP contribution < -0.4 is 0 Å². The molecule has 1 unspecified atom stereocenters. The molecule has 0 spiro atoms. The molecule has 2 aromatic carbocycles. The molecule has 1 heterocycles. The van der Waals surface area contributed by atoms with E-state index in [9.17, 15) is 24.0 Å². The first kappa shape index (κ1) is 22.3. The van der Waals surface area contributed by atoms with Crippen molar-refractivity contribution in [2.75, 3.05) is 0 Å². The summed E-state index contributed by atoms with van der Waals surface area (Å²) in [6.07, 6.45) is 2.97. The zero-order valence-corrected chi connectivity index (χ0v) is 19.6. The number of benzene rings is 2. The van der Waals surface area contributed by atoms with Crippen molar-refractivity contribution in [2.24, 2.45) is 0 Å². The van der Waals surface area contributed by atoms with Crippen molar-refractivity contribution < 1.29 is 35.8 Å². The van der Waals surface area contributed by atoms with Crippen molar-refractivity contribution in [3.05, 3.63) is 88.4 Å². The highest BCUT2D eigenvalue weighted by Crippen LogP contribution is 2.73. The number of aliphatic hydroxyl groups is 1. The predicted octanol–water partition coefficient (Wildman–Crippen LogP) is 4.64. The molecule has 9 nitrogen and oxygen atoms in total. The van der Waals surface area contributed by atoms with Crippen LogP contribution >= 0.6 is 38.4 Å². The summed E-state index contributed by atoms with van der Waals surface area (Å²) in [5.74, 6) is 0. The van der Waals surface area contributed by atoms with E-state index in [0.29, 0.717) is 25.7 Å². The Kier molecular flexibility index (Phi) is 7.09. The van der Waals surface area contributed by atoms with Crippen molar-refractivity contribution in [1.82, 2.24) is 9.55 Å². The molecule has 0 fully saturated rings. The number of nitrogens with zero attached hydrogens (tertiary/aromatic N) is 2. The van der Waals surface area contributed by atoms with E-state index in [4.69, 9.17) is 35.0 Å². The van der Waals surface area contributed by atoms with Crippen molar-refractivity contribution in [3.63, 3.8) is 0 Å². The van der Waals surface area contributed by atoms with Crippen LogP contribution in [0.15, 0.2) is 67.3 Å². The van der Waals surface area contributed by atoms with Gasteiger partial charge in [0, 0.05) is 22.4 Å². The maximum absolute atomic E-state index is 14.0. The molecule has 0 bridgehead atoms. The number of aromatic nitrogens is 2. The second-order valence-corrected chi connectivity index (χ2v) is 11.7. The van der Waals surface area contributed by atoms with Crippen LogP contribution in [0.2, 0.25) is 10.0 Å². The third-order valence-corrected chi connectivity index (χ3v) is 8.85. The number of hydrogen-bond donors (Lipinski definition) is 3. The van der Waals surface area contributed by atoms with Gasteiger partial charge >= 0.3 is 15.2 Å². The molecule has 0 aliphatic carbocycles. The minimum Gasteiger partial charge on any atom is -0.366 e. The van der Waals surface area contributed by atoms with Gasteiger partial charge in [-0.25, -0.2) is 4.98 Å². The average molecular weight is 523 g/mol. The van der Waals surface area contributed by atoms with E-state index in [0.717, 1.165) is 18.7 Å². The first-order chi connectivity index (χ1) is 15.8. The molecule has 13 heteroatoms. The lowest BCUT2D eigenvalue weighted by molar-refractivity contribution is 0.0807. The van der Waals surface area contributed by atoms with Crippen molar-refractivity contribution in [2.45, 2.75) is 24.8 Å². The second-order valence-electron chi connectivity index (χ2n) is 6.57. The summed E-state index contributed by atoms with van der Waals surface area (Å²) in [5.41, 5.74) is 0.658. The van der Waals surface area contributed by atoms with Crippen LogP contribution in [0.5, 0.6) is 0 Å². The second kappa shape index (κ2) is 10.2. The van der Waals surface area contributed by atoms with E-state index in [2.05, 4.69) is 4.98 Å². The highest BCUT2D eigenvalue weighted by atomic mass is 35.5. The fourth-order valence-corrected chi connectivity index (χ4v) is 6.18. The fourth-order valence-electron chi connectivity index (χ4n) is 2.57. The topological polar surface area (TPSA) is 131 Å². The van der Waals surface area contributed by atoms with E-state index in [-0.39, 0.29) is 0 Å². The molecule has 0 amide bonds. The van der Waals surface area contributed by atoms with E-state index in [1.54, 1.807) is 24.3 Å². The molecule has 0 aliphatic rings. The largest absolute Gasteiger partial charge is 0.377 e. The third-order valence-electron chi connectivity index (χ3n) is 4.15. The van der Waals surface area contributed by atoms with Crippen molar-refractivity contribution >= 4 is 38.4 Å². The van der Waals surface area contributed by atoms with Crippen LogP contribution in [0.1, 0.15) is 13.9 Å². The summed E-state index contributed by atoms with van der Waals surface area (Å²) < 4.78 is 54.5. The molecule has 0 aliphatic heterocycles. The lowest BCUT2D eigenvalue weighted by Crippen LogP contribution is -2.35. The summed E-state index contributed by atoms with van der Waals surface area (Å²) in [5, 5.41) is 7.91. The molecule has 1 aromatic heterocycles. The standard InChI is InChI=1S/C19H20Cl2N2O7P2/c20-17-5-1-3-15(9-17)11-29-32(28,30-12-16-4-2-6-18(21)10-16)19(24,31(25,26)27)13-23-8-7-22-14-23/h1-10,14,24H,11-13H2,(H2,25,26,27)/i13D2. The smallest absolute Gasteiger partial charge is 0.366 e. The number of hydrogen-bond acceptors (Lipinski definition) is 6. The average Bonchev–Trinajstić information content (AvgIpc) is 3.31. The fraction of sp³-hybridized carbons (Fsp3) is 0.211. The summed E-state index contributed by atoms with van der Waals surface area (Å²) in [4.78, 5) is 23.8. The Labute approximate surface area is 197 Å². The lowest BCUT2D eigenvalue weighted by atomic mass is 10.2. The van der Waals surface area contributed by atoms with Gasteiger partial charge in [-0.05, 0) is 35.4 Å². The molecular weight excluding hydrogens is 501 g/mol. The van der Waals surface area contributed by atoms with Gasteiger partial charge in [0.05, 0.1) is 28.8 Å². The third kappa shape index (κ3) is 5.88. The Hall–Kier alpha value is -1.51. The van der Waals surface area contributed by atoms with Gasteiger partial charge in [0.15, 0.2) is 0 Å². The zero-order chi connectivity index (χ0) is 25.2. The number of rotatable bonds is 10. The van der Waals surface area contributed by atoms with Crippen LogP contribution in [0.25, 0.3) is 0 Å². The Morgan fingerprint density at radius 2 is 1.56 bits per heavy atom. The van der Waals surface area contributed by atoms with E-state index >= 15 is 0 Å². The van der Waals surface area contributed by atoms with Gasteiger partial charge in [-0.3, -0.25) is 9.13 Å². The molecular formula is C19H20Cl2N2O7P2. The van der Waals surface area contributed by atoms with Crippen molar-refractivity contribution in [1.29, 1.82) is 0 Å². The summed E-state index contributed by atoms with van der Waals surface area (Å²) in [7, 11) is -11.4. The first-order valence-corrected chi connectivity index (χ1v) is 12.9. The number of halogens is 2. The van der Waals surface area contributed by atoms with Gasteiger partial charge in [-0.2, -0.15) is 0 Å². The molecule has 3 aromatic rings.